The average molecular weight is 259 g/mol. The molecule has 1 N–H and O–H groups in total. The normalized spacial score (nSPS) is 15.1. The second-order valence-electron chi connectivity index (χ2n) is 4.74. The van der Waals surface area contributed by atoms with Gasteiger partial charge in [-0.2, -0.15) is 0 Å². The van der Waals surface area contributed by atoms with E-state index in [-0.39, 0.29) is 5.91 Å². The van der Waals surface area contributed by atoms with Crippen LogP contribution in [0.15, 0.2) is 24.3 Å². The van der Waals surface area contributed by atoms with Crippen LogP contribution in [0.5, 0.6) is 0 Å². The monoisotopic (exact) mass is 259 g/mol. The van der Waals surface area contributed by atoms with Crippen molar-refractivity contribution in [3.63, 3.8) is 0 Å². The van der Waals surface area contributed by atoms with Crippen molar-refractivity contribution >= 4 is 18.0 Å². The first-order valence-corrected chi connectivity index (χ1v) is 6.39. The number of carbonyl (C=O) groups is 2. The third kappa shape index (κ3) is 3.22. The van der Waals surface area contributed by atoms with E-state index < -0.39 is 5.97 Å². The quantitative estimate of drug-likeness (QED) is 0.847. The lowest BCUT2D eigenvalue weighted by Gasteiger charge is -2.15. The van der Waals surface area contributed by atoms with Gasteiger partial charge in [0.1, 0.15) is 0 Å². The van der Waals surface area contributed by atoms with Crippen molar-refractivity contribution in [1.82, 2.24) is 4.90 Å². The fraction of sp³-hybridized carbons (Fsp3) is 0.333. The maximum atomic E-state index is 12.2. The molecule has 0 unspecified atom stereocenters. The third-order valence-corrected chi connectivity index (χ3v) is 3.32. The first-order chi connectivity index (χ1) is 9.08. The number of nitrogens with zero attached hydrogens (tertiary/aromatic N) is 1. The summed E-state index contributed by atoms with van der Waals surface area (Å²) in [6.07, 6.45) is 4.73. The van der Waals surface area contributed by atoms with Gasteiger partial charge in [-0.1, -0.05) is 6.07 Å². The van der Waals surface area contributed by atoms with E-state index in [2.05, 4.69) is 0 Å². The lowest BCUT2D eigenvalue weighted by Crippen LogP contribution is -2.27. The van der Waals surface area contributed by atoms with Crippen LogP contribution in [0.3, 0.4) is 0 Å². The number of aryl methyl sites for hydroxylation is 1. The summed E-state index contributed by atoms with van der Waals surface area (Å²) in [4.78, 5) is 24.6. The Labute approximate surface area is 112 Å². The number of hydrogen-bond donors (Lipinski definition) is 1. The summed E-state index contributed by atoms with van der Waals surface area (Å²) in [6.45, 7) is 3.52. The predicted molar refractivity (Wildman–Crippen MR) is 73.0 cm³/mol. The smallest absolute Gasteiger partial charge is 0.328 e. The fourth-order valence-electron chi connectivity index (χ4n) is 2.22. The van der Waals surface area contributed by atoms with Crippen molar-refractivity contribution in [1.29, 1.82) is 0 Å². The van der Waals surface area contributed by atoms with Gasteiger partial charge in [-0.05, 0) is 49.1 Å². The van der Waals surface area contributed by atoms with Gasteiger partial charge in [-0.15, -0.1) is 0 Å². The van der Waals surface area contributed by atoms with Gasteiger partial charge in [-0.3, -0.25) is 4.79 Å². The molecule has 4 heteroatoms. The highest BCUT2D eigenvalue weighted by Crippen LogP contribution is 2.17. The molecular weight excluding hydrogens is 242 g/mol. The van der Waals surface area contributed by atoms with Gasteiger partial charge in [0.05, 0.1) is 0 Å². The number of rotatable bonds is 3. The van der Waals surface area contributed by atoms with Crippen LogP contribution < -0.4 is 0 Å². The van der Waals surface area contributed by atoms with E-state index >= 15 is 0 Å². The molecule has 0 aliphatic carbocycles. The Morgan fingerprint density at radius 1 is 1.26 bits per heavy atom. The Balaban J connectivity index is 2.24. The van der Waals surface area contributed by atoms with Crippen LogP contribution in [0.4, 0.5) is 0 Å². The molecule has 0 saturated carbocycles. The standard InChI is InChI=1S/C15H17NO3/c1-11-4-5-13(10-12(11)6-7-14(17)18)15(19)16-8-2-3-9-16/h4-7,10H,2-3,8-9H2,1H3,(H,17,18)/b7-6+. The molecule has 1 amide bonds. The van der Waals surface area contributed by atoms with Crippen LogP contribution in [-0.2, 0) is 4.79 Å². The first kappa shape index (κ1) is 13.3. The zero-order valence-electron chi connectivity index (χ0n) is 10.9. The summed E-state index contributed by atoms with van der Waals surface area (Å²) in [7, 11) is 0. The van der Waals surface area contributed by atoms with E-state index in [1.807, 2.05) is 17.9 Å². The maximum Gasteiger partial charge on any atom is 0.328 e. The lowest BCUT2D eigenvalue weighted by molar-refractivity contribution is -0.131. The molecule has 19 heavy (non-hydrogen) atoms. The Bertz CT molecular complexity index is 528. The highest BCUT2D eigenvalue weighted by molar-refractivity contribution is 5.95. The summed E-state index contributed by atoms with van der Waals surface area (Å²) in [6, 6.07) is 5.41. The molecule has 1 aliphatic rings. The largest absolute Gasteiger partial charge is 0.478 e. The van der Waals surface area contributed by atoms with Crippen LogP contribution >= 0.6 is 0 Å². The summed E-state index contributed by atoms with van der Waals surface area (Å²) < 4.78 is 0. The van der Waals surface area contributed by atoms with Crippen LogP contribution in [0.2, 0.25) is 0 Å². The van der Waals surface area contributed by atoms with Gasteiger partial charge in [0.25, 0.3) is 5.91 Å². The van der Waals surface area contributed by atoms with Gasteiger partial charge in [0, 0.05) is 24.7 Å². The van der Waals surface area contributed by atoms with Gasteiger partial charge < -0.3 is 10.0 Å². The molecule has 1 heterocycles. The predicted octanol–water partition coefficient (Wildman–Crippen LogP) is 2.33. The molecule has 1 aromatic carbocycles. The maximum absolute atomic E-state index is 12.2. The van der Waals surface area contributed by atoms with E-state index in [1.54, 1.807) is 12.1 Å². The number of aliphatic carboxylic acids is 1. The minimum Gasteiger partial charge on any atom is -0.478 e. The minimum absolute atomic E-state index is 0.0301. The second kappa shape index (κ2) is 5.69. The highest BCUT2D eigenvalue weighted by Gasteiger charge is 2.19. The number of amides is 1. The molecule has 0 atom stereocenters. The van der Waals surface area contributed by atoms with E-state index in [1.165, 1.54) is 6.08 Å². The lowest BCUT2D eigenvalue weighted by atomic mass is 10.0. The highest BCUT2D eigenvalue weighted by atomic mass is 16.4. The van der Waals surface area contributed by atoms with E-state index in [4.69, 9.17) is 5.11 Å². The van der Waals surface area contributed by atoms with Crippen molar-refractivity contribution in [2.24, 2.45) is 0 Å². The third-order valence-electron chi connectivity index (χ3n) is 3.32. The molecule has 0 bridgehead atoms. The van der Waals surface area contributed by atoms with Gasteiger partial charge in [0.15, 0.2) is 0 Å². The number of carbonyl (C=O) groups excluding carboxylic acids is 1. The van der Waals surface area contributed by atoms with Crippen LogP contribution in [-0.4, -0.2) is 35.0 Å². The van der Waals surface area contributed by atoms with Crippen molar-refractivity contribution in [3.05, 3.63) is 41.0 Å². The molecule has 0 radical (unpaired) electrons. The first-order valence-electron chi connectivity index (χ1n) is 6.39. The number of hydrogen-bond acceptors (Lipinski definition) is 2. The van der Waals surface area contributed by atoms with Crippen LogP contribution in [0, 0.1) is 6.92 Å². The molecule has 1 saturated heterocycles. The van der Waals surface area contributed by atoms with E-state index in [9.17, 15) is 9.59 Å². The zero-order valence-corrected chi connectivity index (χ0v) is 10.9. The number of likely N-dealkylation sites (tertiary alicyclic amines) is 1. The van der Waals surface area contributed by atoms with Crippen molar-refractivity contribution in [2.75, 3.05) is 13.1 Å². The number of benzene rings is 1. The SMILES string of the molecule is Cc1ccc(C(=O)N2CCCC2)cc1/C=C/C(=O)O. The summed E-state index contributed by atoms with van der Waals surface area (Å²) in [5.74, 6) is -0.960. The molecular formula is C15H17NO3. The zero-order chi connectivity index (χ0) is 13.8. The molecule has 1 fully saturated rings. The van der Waals surface area contributed by atoms with E-state index in [0.29, 0.717) is 5.56 Å². The molecule has 4 nitrogen and oxygen atoms in total. The Kier molecular flexibility index (Phi) is 4.00. The average Bonchev–Trinajstić information content (AvgIpc) is 2.90. The Morgan fingerprint density at radius 3 is 2.58 bits per heavy atom. The summed E-state index contributed by atoms with van der Waals surface area (Å²) >= 11 is 0. The molecule has 1 aromatic rings. The van der Waals surface area contributed by atoms with Crippen molar-refractivity contribution < 1.29 is 14.7 Å². The van der Waals surface area contributed by atoms with Gasteiger partial charge >= 0.3 is 5.97 Å². The molecule has 0 spiro atoms. The minimum atomic E-state index is -0.990. The number of carboxylic acids is 1. The van der Waals surface area contributed by atoms with E-state index in [0.717, 1.165) is 43.1 Å². The van der Waals surface area contributed by atoms with Gasteiger partial charge in [-0.25, -0.2) is 4.79 Å². The van der Waals surface area contributed by atoms with Crippen molar-refractivity contribution in [3.8, 4) is 0 Å². The topological polar surface area (TPSA) is 57.6 Å². The number of carboxylic acid groups (broad SMARTS) is 1. The molecule has 1 aliphatic heterocycles. The molecule has 2 rings (SSSR count). The summed E-state index contributed by atoms with van der Waals surface area (Å²) in [5.41, 5.74) is 2.35. The molecule has 100 valence electrons. The van der Waals surface area contributed by atoms with Crippen molar-refractivity contribution in [2.45, 2.75) is 19.8 Å². The molecule has 0 aromatic heterocycles. The Hall–Kier alpha value is -2.10. The van der Waals surface area contributed by atoms with Crippen LogP contribution in [0.1, 0.15) is 34.3 Å². The second-order valence-corrected chi connectivity index (χ2v) is 4.74. The fourth-order valence-corrected chi connectivity index (χ4v) is 2.22. The summed E-state index contributed by atoms with van der Waals surface area (Å²) in [5, 5.41) is 8.65. The Morgan fingerprint density at radius 2 is 1.95 bits per heavy atom. The van der Waals surface area contributed by atoms with Gasteiger partial charge in [0.2, 0.25) is 0 Å². The van der Waals surface area contributed by atoms with Crippen LogP contribution in [0.25, 0.3) is 6.08 Å².